The molecule has 0 atom stereocenters. The monoisotopic (exact) mass is 659 g/mol. The average Bonchev–Trinajstić information content (AvgIpc) is 3.37. The fraction of sp³-hybridized carbons (Fsp3) is 0.294. The number of anilines is 1. The van der Waals surface area contributed by atoms with E-state index in [1.54, 1.807) is 22.9 Å². The summed E-state index contributed by atoms with van der Waals surface area (Å²) in [6, 6.07) is 13.1. The van der Waals surface area contributed by atoms with E-state index in [0.717, 1.165) is 18.9 Å². The molecule has 2 aliphatic rings. The van der Waals surface area contributed by atoms with Gasteiger partial charge in [0.15, 0.2) is 23.1 Å². The number of nitrogens with zero attached hydrogens (tertiary/aromatic N) is 4. The number of para-hydroxylation sites is 1. The van der Waals surface area contributed by atoms with Gasteiger partial charge in [-0.05, 0) is 49.6 Å². The van der Waals surface area contributed by atoms with E-state index in [0.29, 0.717) is 74.1 Å². The summed E-state index contributed by atoms with van der Waals surface area (Å²) in [5.41, 5.74) is 0.384. The van der Waals surface area contributed by atoms with Crippen molar-refractivity contribution in [3.05, 3.63) is 94.2 Å². The molecule has 0 saturated heterocycles. The summed E-state index contributed by atoms with van der Waals surface area (Å²) < 4.78 is 61.6. The zero-order valence-electron chi connectivity index (χ0n) is 25.7. The van der Waals surface area contributed by atoms with Gasteiger partial charge in [0.25, 0.3) is 11.5 Å². The van der Waals surface area contributed by atoms with Gasteiger partial charge in [-0.15, -0.1) is 0 Å². The van der Waals surface area contributed by atoms with Crippen molar-refractivity contribution in [2.45, 2.75) is 25.8 Å². The van der Waals surface area contributed by atoms with Crippen LogP contribution in [0, 0.1) is 11.6 Å². The highest BCUT2D eigenvalue weighted by Gasteiger charge is 2.29. The molecule has 248 valence electrons. The van der Waals surface area contributed by atoms with Crippen LogP contribution in [0.15, 0.2) is 65.7 Å². The van der Waals surface area contributed by atoms with Gasteiger partial charge in [0.05, 0.1) is 43.0 Å². The topological polar surface area (TPSA) is 128 Å². The maximum atomic E-state index is 15.4. The van der Waals surface area contributed by atoms with Gasteiger partial charge < -0.3 is 29.0 Å². The first kappa shape index (κ1) is 31.3. The highest BCUT2D eigenvalue weighted by atomic mass is 19.1. The summed E-state index contributed by atoms with van der Waals surface area (Å²) in [7, 11) is 0. The first-order chi connectivity index (χ1) is 23.5. The third-order valence-electron chi connectivity index (χ3n) is 7.99. The summed E-state index contributed by atoms with van der Waals surface area (Å²) in [6.45, 7) is 2.62. The number of carbonyl (C=O) groups excluding carboxylic acids is 1. The van der Waals surface area contributed by atoms with E-state index in [9.17, 15) is 14.0 Å². The van der Waals surface area contributed by atoms with Crippen LogP contribution in [0.25, 0.3) is 16.6 Å². The quantitative estimate of drug-likeness (QED) is 0.276. The number of amides is 1. The maximum absolute atomic E-state index is 15.4. The van der Waals surface area contributed by atoms with E-state index in [4.69, 9.17) is 23.7 Å². The number of aromatic nitrogens is 4. The number of hydrogen-bond donors (Lipinski definition) is 1. The number of hydrogen-bond acceptors (Lipinski definition) is 9. The van der Waals surface area contributed by atoms with Crippen LogP contribution in [0.1, 0.15) is 28.9 Å². The predicted octanol–water partition coefficient (Wildman–Crippen LogP) is 5.05. The molecule has 0 aliphatic carbocycles. The molecule has 0 bridgehead atoms. The van der Waals surface area contributed by atoms with Crippen molar-refractivity contribution in [1.82, 2.24) is 19.3 Å². The Morgan fingerprint density at radius 1 is 0.854 bits per heavy atom. The normalized spacial score (nSPS) is 15.2. The van der Waals surface area contributed by atoms with Crippen molar-refractivity contribution in [1.29, 1.82) is 0 Å². The third-order valence-corrected chi connectivity index (χ3v) is 7.99. The highest BCUT2D eigenvalue weighted by molar-refractivity contribution is 6.05. The number of benzene rings is 3. The molecular weight excluding hydrogens is 628 g/mol. The smallest absolute Gasteiger partial charge is 0.284 e. The Hall–Kier alpha value is -5.34. The van der Waals surface area contributed by atoms with E-state index in [1.165, 1.54) is 41.3 Å². The first-order valence-electron chi connectivity index (χ1n) is 15.6. The van der Waals surface area contributed by atoms with Crippen LogP contribution >= 0.6 is 0 Å². The van der Waals surface area contributed by atoms with Crippen LogP contribution in [0.2, 0.25) is 0 Å². The molecule has 0 fully saturated rings. The van der Waals surface area contributed by atoms with Crippen LogP contribution in [0.3, 0.4) is 0 Å². The van der Waals surface area contributed by atoms with Gasteiger partial charge in [-0.3, -0.25) is 14.3 Å². The number of fused-ring (bicyclic) bond motifs is 3. The van der Waals surface area contributed by atoms with Crippen LogP contribution in [-0.4, -0.2) is 64.9 Å². The molecule has 0 unspecified atom stereocenters. The van der Waals surface area contributed by atoms with Gasteiger partial charge in [0.1, 0.15) is 36.6 Å². The lowest BCUT2D eigenvalue weighted by Crippen LogP contribution is -2.26. The molecule has 1 N–H and O–H groups in total. The molecule has 3 aromatic carbocycles. The zero-order valence-corrected chi connectivity index (χ0v) is 25.7. The lowest BCUT2D eigenvalue weighted by atomic mass is 10.1. The summed E-state index contributed by atoms with van der Waals surface area (Å²) >= 11 is 0. The zero-order chi connectivity index (χ0) is 33.0. The Morgan fingerprint density at radius 2 is 1.60 bits per heavy atom. The highest BCUT2D eigenvalue weighted by Crippen LogP contribution is 2.37. The maximum Gasteiger partial charge on any atom is 0.284 e. The van der Waals surface area contributed by atoms with Crippen molar-refractivity contribution in [2.75, 3.05) is 45.0 Å². The van der Waals surface area contributed by atoms with E-state index in [1.807, 2.05) is 0 Å². The average molecular weight is 660 g/mol. The van der Waals surface area contributed by atoms with Crippen LogP contribution in [0.4, 0.5) is 14.5 Å². The number of rotatable bonds is 5. The molecule has 4 heterocycles. The fourth-order valence-corrected chi connectivity index (χ4v) is 5.77. The van der Waals surface area contributed by atoms with Crippen LogP contribution < -0.4 is 25.1 Å². The largest absolute Gasteiger partial charge is 0.487 e. The second-order valence-electron chi connectivity index (χ2n) is 11.1. The molecule has 14 heteroatoms. The summed E-state index contributed by atoms with van der Waals surface area (Å²) in [5.74, 6) is -1.32. The number of halogens is 2. The van der Waals surface area contributed by atoms with Gasteiger partial charge >= 0.3 is 0 Å². The molecule has 7 rings (SSSR count). The van der Waals surface area contributed by atoms with E-state index < -0.39 is 23.1 Å². The Morgan fingerprint density at radius 3 is 2.38 bits per heavy atom. The van der Waals surface area contributed by atoms with Gasteiger partial charge in [-0.2, -0.15) is 0 Å². The molecule has 0 saturated carbocycles. The molecule has 2 aliphatic heterocycles. The van der Waals surface area contributed by atoms with E-state index in [-0.39, 0.29) is 35.2 Å². The summed E-state index contributed by atoms with van der Waals surface area (Å²) in [4.78, 5) is 35.5. The lowest BCUT2D eigenvalue weighted by molar-refractivity contribution is 0.0224. The van der Waals surface area contributed by atoms with Gasteiger partial charge in [-0.1, -0.05) is 12.1 Å². The minimum Gasteiger partial charge on any atom is -0.487 e. The second kappa shape index (κ2) is 13.8. The predicted molar refractivity (Wildman–Crippen MR) is 170 cm³/mol. The molecule has 2 aromatic heterocycles. The second-order valence-corrected chi connectivity index (χ2v) is 11.1. The van der Waals surface area contributed by atoms with Gasteiger partial charge in [0.2, 0.25) is 5.88 Å². The molecular formula is C34H31F2N5O7. The van der Waals surface area contributed by atoms with Gasteiger partial charge in [0, 0.05) is 24.4 Å². The Bertz CT molecular complexity index is 2050. The number of ether oxygens (including phenoxy) is 5. The van der Waals surface area contributed by atoms with E-state index >= 15 is 4.39 Å². The van der Waals surface area contributed by atoms with Crippen LogP contribution in [-0.2, 0) is 22.4 Å². The summed E-state index contributed by atoms with van der Waals surface area (Å²) in [6.07, 6.45) is 3.30. The number of nitrogens with one attached hydrogen (secondary N) is 1. The van der Waals surface area contributed by atoms with Gasteiger partial charge in [-0.25, -0.2) is 23.4 Å². The minimum absolute atomic E-state index is 0.0561. The van der Waals surface area contributed by atoms with Crippen molar-refractivity contribution in [3.8, 4) is 28.8 Å². The minimum atomic E-state index is -0.787. The number of carbonyl (C=O) groups is 1. The first-order valence-corrected chi connectivity index (χ1v) is 15.6. The van der Waals surface area contributed by atoms with Crippen molar-refractivity contribution in [2.24, 2.45) is 0 Å². The standard InChI is InChI=1S/C34H31F2N5O7/c35-23-5-1-2-6-26(23)41-34(43)31(27-7-3-4-10-40(27)41)32(42)39-21-8-9-28(24(36)17-21)48-33-22-18-29-30(19-25(22)37-20-38-33)47-16-14-45-12-11-44-13-15-46-29/h1-2,5-6,8-9,17-20H,3-4,7,10-16H2,(H,39,42). The fourth-order valence-electron chi connectivity index (χ4n) is 5.77. The summed E-state index contributed by atoms with van der Waals surface area (Å²) in [5, 5.41) is 3.07. The Labute approximate surface area is 272 Å². The Balaban J connectivity index is 1.14. The van der Waals surface area contributed by atoms with Crippen molar-refractivity contribution >= 4 is 22.5 Å². The SMILES string of the molecule is O=C(Nc1ccc(Oc2ncnc3cc4c(cc23)OCCOCCOCCO4)c(F)c1)c1c2n(n(-c3ccccc3F)c1=O)CCCC2. The third kappa shape index (κ3) is 6.31. The molecule has 1 amide bonds. The van der Waals surface area contributed by atoms with Crippen LogP contribution in [0.5, 0.6) is 23.1 Å². The molecule has 0 spiro atoms. The molecule has 48 heavy (non-hydrogen) atoms. The molecule has 12 nitrogen and oxygen atoms in total. The Kier molecular flexibility index (Phi) is 8.99. The lowest BCUT2D eigenvalue weighted by Gasteiger charge is -2.19. The van der Waals surface area contributed by atoms with Crippen molar-refractivity contribution in [3.63, 3.8) is 0 Å². The van der Waals surface area contributed by atoms with E-state index in [2.05, 4.69) is 15.3 Å². The molecule has 5 aromatic rings. The van der Waals surface area contributed by atoms with Crippen molar-refractivity contribution < 1.29 is 37.3 Å². The molecule has 0 radical (unpaired) electrons.